The van der Waals surface area contributed by atoms with Gasteiger partial charge in [-0.25, -0.2) is 15.0 Å². The fraction of sp³-hybridized carbons (Fsp3) is 0. The molecule has 3 aromatic heterocycles. The average molecular weight is 566 g/mol. The fourth-order valence-electron chi connectivity index (χ4n) is 6.07. The Hall–Kier alpha value is -6.07. The lowest BCUT2D eigenvalue weighted by molar-refractivity contribution is 0.664. The number of nitrogens with zero attached hydrogens (tertiary/aromatic N) is 3. The Kier molecular flexibility index (Phi) is 5.43. The summed E-state index contributed by atoms with van der Waals surface area (Å²) in [6.07, 6.45) is 0. The number of hydrogen-bond donors (Lipinski definition) is 0. The van der Waals surface area contributed by atoms with Crippen LogP contribution < -0.4 is 0 Å². The summed E-state index contributed by atoms with van der Waals surface area (Å²) >= 11 is 0. The van der Waals surface area contributed by atoms with E-state index in [1.165, 1.54) is 0 Å². The van der Waals surface area contributed by atoms with Crippen molar-refractivity contribution in [3.05, 3.63) is 140 Å². The number of rotatable bonds is 4. The molecule has 0 aliphatic rings. The quantitative estimate of drug-likeness (QED) is 0.212. The third-order valence-corrected chi connectivity index (χ3v) is 8.16. The Balaban J connectivity index is 1.29. The summed E-state index contributed by atoms with van der Waals surface area (Å²) in [5, 5.41) is 4.06. The highest BCUT2D eigenvalue weighted by Gasteiger charge is 2.20. The molecule has 0 saturated heterocycles. The van der Waals surface area contributed by atoms with Crippen LogP contribution in [0.1, 0.15) is 0 Å². The second-order valence-corrected chi connectivity index (χ2v) is 10.8. The van der Waals surface area contributed by atoms with Crippen molar-refractivity contribution in [3.8, 4) is 45.3 Å². The molecule has 0 aliphatic heterocycles. The maximum Gasteiger partial charge on any atom is 0.167 e. The van der Waals surface area contributed by atoms with Crippen LogP contribution in [0.15, 0.2) is 148 Å². The Morgan fingerprint density at radius 3 is 1.68 bits per heavy atom. The van der Waals surface area contributed by atoms with Gasteiger partial charge in [-0.15, -0.1) is 0 Å². The van der Waals surface area contributed by atoms with E-state index in [4.69, 9.17) is 23.8 Å². The average Bonchev–Trinajstić information content (AvgIpc) is 3.65. The van der Waals surface area contributed by atoms with Gasteiger partial charge in [0.15, 0.2) is 17.5 Å². The van der Waals surface area contributed by atoms with Crippen LogP contribution in [0.25, 0.3) is 89.2 Å². The maximum absolute atomic E-state index is 6.61. The Morgan fingerprint density at radius 1 is 0.341 bits per heavy atom. The van der Waals surface area contributed by atoms with Crippen LogP contribution in [0.3, 0.4) is 0 Å². The number of benzene rings is 6. The monoisotopic (exact) mass is 565 g/mol. The van der Waals surface area contributed by atoms with Gasteiger partial charge in [0, 0.05) is 32.7 Å². The van der Waals surface area contributed by atoms with E-state index in [0.29, 0.717) is 17.5 Å². The van der Waals surface area contributed by atoms with Crippen molar-refractivity contribution in [3.63, 3.8) is 0 Å². The molecule has 0 radical (unpaired) electrons. The largest absolute Gasteiger partial charge is 0.456 e. The summed E-state index contributed by atoms with van der Waals surface area (Å²) in [6.45, 7) is 0. The topological polar surface area (TPSA) is 65.0 Å². The number of fused-ring (bicyclic) bond motifs is 6. The van der Waals surface area contributed by atoms with E-state index in [1.807, 2.05) is 91.0 Å². The molecular formula is C39H23N3O2. The SMILES string of the molecule is c1ccc(-c2nc(-c3ccccc3-c3ccccc3)nc(-c3cccc4c3oc3cc5c(cc34)oc3ccccc35)n2)cc1. The smallest absolute Gasteiger partial charge is 0.167 e. The molecule has 206 valence electrons. The van der Waals surface area contributed by atoms with E-state index in [-0.39, 0.29) is 0 Å². The Bertz CT molecular complexity index is 2500. The Morgan fingerprint density at radius 2 is 0.886 bits per heavy atom. The second kappa shape index (κ2) is 9.75. The molecule has 44 heavy (non-hydrogen) atoms. The minimum absolute atomic E-state index is 0.551. The first kappa shape index (κ1) is 24.5. The highest BCUT2D eigenvalue weighted by Crippen LogP contribution is 2.40. The van der Waals surface area contributed by atoms with E-state index in [0.717, 1.165) is 71.7 Å². The van der Waals surface area contributed by atoms with Gasteiger partial charge in [0.25, 0.3) is 0 Å². The standard InChI is InChI=1S/C39H23N3O2/c1-3-12-24(13-4-1)26-16-7-8-18-29(26)38-40-37(25-14-5-2-6-15-25)41-39(42-38)30-20-11-19-28-32-23-34-31(22-35(32)44-36(28)30)27-17-9-10-21-33(27)43-34/h1-23H. The van der Waals surface area contributed by atoms with Crippen LogP contribution in [0.4, 0.5) is 0 Å². The zero-order valence-corrected chi connectivity index (χ0v) is 23.4. The minimum atomic E-state index is 0.551. The van der Waals surface area contributed by atoms with Gasteiger partial charge in [0.05, 0.1) is 5.56 Å². The highest BCUT2D eigenvalue weighted by atomic mass is 16.3. The van der Waals surface area contributed by atoms with E-state index in [1.54, 1.807) is 0 Å². The Labute approximate surface area is 252 Å². The molecule has 0 N–H and O–H groups in total. The van der Waals surface area contributed by atoms with Crippen molar-refractivity contribution in [2.24, 2.45) is 0 Å². The molecule has 0 fully saturated rings. The van der Waals surface area contributed by atoms with Crippen molar-refractivity contribution < 1.29 is 8.83 Å². The third-order valence-electron chi connectivity index (χ3n) is 8.16. The van der Waals surface area contributed by atoms with Crippen LogP contribution in [0, 0.1) is 0 Å². The molecule has 0 amide bonds. The molecule has 5 heteroatoms. The predicted molar refractivity (Wildman–Crippen MR) is 176 cm³/mol. The van der Waals surface area contributed by atoms with Crippen LogP contribution in [0.5, 0.6) is 0 Å². The maximum atomic E-state index is 6.61. The molecule has 0 unspecified atom stereocenters. The van der Waals surface area contributed by atoms with Gasteiger partial charge in [-0.05, 0) is 35.4 Å². The van der Waals surface area contributed by atoms with Crippen LogP contribution >= 0.6 is 0 Å². The molecule has 6 aromatic carbocycles. The first-order valence-electron chi connectivity index (χ1n) is 14.5. The molecule has 0 aliphatic carbocycles. The zero-order chi connectivity index (χ0) is 29.0. The summed E-state index contributed by atoms with van der Waals surface area (Å²) in [5.74, 6) is 1.76. The van der Waals surface area contributed by atoms with Crippen LogP contribution in [-0.4, -0.2) is 15.0 Å². The van der Waals surface area contributed by atoms with Crippen molar-refractivity contribution in [1.82, 2.24) is 15.0 Å². The summed E-state index contributed by atoms with van der Waals surface area (Å²) in [7, 11) is 0. The molecule has 0 spiro atoms. The van der Waals surface area contributed by atoms with Gasteiger partial charge in [0.1, 0.15) is 22.3 Å². The summed E-state index contributed by atoms with van der Waals surface area (Å²) in [6, 6.07) is 46.9. The minimum Gasteiger partial charge on any atom is -0.456 e. The predicted octanol–water partition coefficient (Wildman–Crippen LogP) is 10.3. The molecule has 9 aromatic rings. The number of furan rings is 2. The number of para-hydroxylation sites is 2. The zero-order valence-electron chi connectivity index (χ0n) is 23.4. The van der Waals surface area contributed by atoms with Crippen molar-refractivity contribution in [2.75, 3.05) is 0 Å². The van der Waals surface area contributed by atoms with Crippen molar-refractivity contribution in [1.29, 1.82) is 0 Å². The molecule has 0 atom stereocenters. The highest BCUT2D eigenvalue weighted by molar-refractivity contribution is 6.16. The fourth-order valence-corrected chi connectivity index (χ4v) is 6.07. The lowest BCUT2D eigenvalue weighted by Crippen LogP contribution is -2.01. The molecule has 3 heterocycles. The van der Waals surface area contributed by atoms with Gasteiger partial charge >= 0.3 is 0 Å². The molecule has 5 nitrogen and oxygen atoms in total. The molecular weight excluding hydrogens is 542 g/mol. The van der Waals surface area contributed by atoms with Crippen molar-refractivity contribution >= 4 is 43.9 Å². The number of hydrogen-bond acceptors (Lipinski definition) is 5. The normalized spacial score (nSPS) is 11.6. The molecule has 9 rings (SSSR count). The first-order valence-corrected chi connectivity index (χ1v) is 14.5. The van der Waals surface area contributed by atoms with E-state index >= 15 is 0 Å². The summed E-state index contributed by atoms with van der Waals surface area (Å²) in [4.78, 5) is 15.1. The van der Waals surface area contributed by atoms with Gasteiger partial charge in [-0.1, -0.05) is 115 Å². The summed E-state index contributed by atoms with van der Waals surface area (Å²) < 4.78 is 12.8. The van der Waals surface area contributed by atoms with E-state index in [9.17, 15) is 0 Å². The second-order valence-electron chi connectivity index (χ2n) is 10.8. The van der Waals surface area contributed by atoms with E-state index in [2.05, 4.69) is 48.5 Å². The van der Waals surface area contributed by atoms with Crippen molar-refractivity contribution in [2.45, 2.75) is 0 Å². The van der Waals surface area contributed by atoms with Crippen LogP contribution in [0.2, 0.25) is 0 Å². The molecule has 0 bridgehead atoms. The van der Waals surface area contributed by atoms with Gasteiger partial charge < -0.3 is 8.83 Å². The first-order chi connectivity index (χ1) is 21.8. The number of aromatic nitrogens is 3. The molecule has 0 saturated carbocycles. The summed E-state index contributed by atoms with van der Waals surface area (Å²) in [5.41, 5.74) is 8.02. The van der Waals surface area contributed by atoms with E-state index < -0.39 is 0 Å². The van der Waals surface area contributed by atoms with Gasteiger partial charge in [-0.2, -0.15) is 0 Å². The lowest BCUT2D eigenvalue weighted by atomic mass is 9.99. The van der Waals surface area contributed by atoms with Crippen LogP contribution in [-0.2, 0) is 0 Å². The van der Waals surface area contributed by atoms with Gasteiger partial charge in [0.2, 0.25) is 0 Å². The lowest BCUT2D eigenvalue weighted by Gasteiger charge is -2.12. The van der Waals surface area contributed by atoms with Gasteiger partial charge in [-0.3, -0.25) is 0 Å². The third kappa shape index (κ3) is 3.91.